The summed E-state index contributed by atoms with van der Waals surface area (Å²) in [4.78, 5) is 35.2. The molecule has 0 saturated carbocycles. The smallest absolute Gasteiger partial charge is 0.359 e. The number of carbonyl (C=O) groups excluding carboxylic acids is 1. The molecule has 0 aliphatic rings. The van der Waals surface area contributed by atoms with Crippen LogP contribution in [0, 0.1) is 0 Å². The summed E-state index contributed by atoms with van der Waals surface area (Å²) in [6, 6.07) is 9.04. The number of carbonyl (C=O) groups is 1. The SMILES string of the molecule is CCOC(=O)c1nn(-c2cnc(OC)nc2OC)c(C(C)C)c1C(Cc1cc(Cl)cn(C)c1=O)c1ccc(Cl)cc1. The maximum atomic E-state index is 13.5. The van der Waals surface area contributed by atoms with Crippen molar-refractivity contribution < 1.29 is 19.0 Å². The van der Waals surface area contributed by atoms with Crippen LogP contribution in [0.1, 0.15) is 65.5 Å². The third-order valence-electron chi connectivity index (χ3n) is 6.56. The second-order valence-electron chi connectivity index (χ2n) is 9.59. The molecule has 12 heteroatoms. The number of hydrogen-bond donors (Lipinski definition) is 0. The molecule has 10 nitrogen and oxygen atoms in total. The minimum Gasteiger partial charge on any atom is -0.479 e. The minimum absolute atomic E-state index is 0.104. The molecule has 3 heterocycles. The van der Waals surface area contributed by atoms with E-state index in [0.29, 0.717) is 32.6 Å². The van der Waals surface area contributed by atoms with Crippen molar-refractivity contribution >= 4 is 29.2 Å². The second kappa shape index (κ2) is 12.7. The molecule has 1 aromatic carbocycles. The van der Waals surface area contributed by atoms with E-state index in [-0.39, 0.29) is 42.1 Å². The Kier molecular flexibility index (Phi) is 9.35. The molecular formula is C29H31Cl2N5O5. The summed E-state index contributed by atoms with van der Waals surface area (Å²) in [5, 5.41) is 5.72. The van der Waals surface area contributed by atoms with Crippen molar-refractivity contribution in [3.63, 3.8) is 0 Å². The van der Waals surface area contributed by atoms with Gasteiger partial charge in [0.15, 0.2) is 5.69 Å². The summed E-state index contributed by atoms with van der Waals surface area (Å²) < 4.78 is 19.2. The van der Waals surface area contributed by atoms with Gasteiger partial charge in [-0.3, -0.25) is 4.79 Å². The van der Waals surface area contributed by atoms with Gasteiger partial charge >= 0.3 is 12.0 Å². The molecule has 4 rings (SSSR count). The number of ether oxygens (including phenoxy) is 3. The molecule has 0 amide bonds. The predicted molar refractivity (Wildman–Crippen MR) is 156 cm³/mol. The highest BCUT2D eigenvalue weighted by atomic mass is 35.5. The zero-order valence-electron chi connectivity index (χ0n) is 23.6. The molecular weight excluding hydrogens is 569 g/mol. The van der Waals surface area contributed by atoms with E-state index in [1.807, 2.05) is 26.0 Å². The van der Waals surface area contributed by atoms with Gasteiger partial charge < -0.3 is 18.8 Å². The van der Waals surface area contributed by atoms with Crippen LogP contribution in [0.3, 0.4) is 0 Å². The highest BCUT2D eigenvalue weighted by molar-refractivity contribution is 6.30. The lowest BCUT2D eigenvalue weighted by Crippen LogP contribution is -2.23. The molecule has 3 aromatic heterocycles. The first kappa shape index (κ1) is 30.1. The maximum Gasteiger partial charge on any atom is 0.359 e. The average molecular weight is 601 g/mol. The van der Waals surface area contributed by atoms with Crippen molar-refractivity contribution in [1.82, 2.24) is 24.3 Å². The summed E-state index contributed by atoms with van der Waals surface area (Å²) in [7, 11) is 4.57. The van der Waals surface area contributed by atoms with Gasteiger partial charge in [-0.05, 0) is 43.0 Å². The largest absolute Gasteiger partial charge is 0.479 e. The Balaban J connectivity index is 2.07. The molecule has 0 spiro atoms. The zero-order valence-corrected chi connectivity index (χ0v) is 25.2. The molecule has 41 heavy (non-hydrogen) atoms. The fourth-order valence-corrected chi connectivity index (χ4v) is 5.20. The molecule has 0 aliphatic heterocycles. The van der Waals surface area contributed by atoms with Crippen LogP contribution in [0.25, 0.3) is 5.69 Å². The van der Waals surface area contributed by atoms with Crippen LogP contribution in [0.2, 0.25) is 10.0 Å². The molecule has 0 saturated heterocycles. The van der Waals surface area contributed by atoms with E-state index in [2.05, 4.69) is 9.97 Å². The van der Waals surface area contributed by atoms with E-state index in [9.17, 15) is 9.59 Å². The van der Waals surface area contributed by atoms with Crippen molar-refractivity contribution in [1.29, 1.82) is 0 Å². The van der Waals surface area contributed by atoms with E-state index in [4.69, 9.17) is 42.5 Å². The predicted octanol–water partition coefficient (Wildman–Crippen LogP) is 5.36. The standard InChI is InChI=1S/C29H31Cl2N5O5/c1-7-41-28(38)24-23(25(16(2)3)36(34-24)22-14-32-29(40-6)33-26(22)39-5)21(17-8-10-19(30)11-9-17)13-18-12-20(31)15-35(4)27(18)37/h8-12,14-16,21H,7,13H2,1-6H3. The number of rotatable bonds is 10. The van der Waals surface area contributed by atoms with Gasteiger partial charge in [-0.2, -0.15) is 10.1 Å². The lowest BCUT2D eigenvalue weighted by atomic mass is 9.83. The van der Waals surface area contributed by atoms with Crippen LogP contribution in [0.15, 0.2) is 47.5 Å². The fraction of sp³-hybridized carbons (Fsp3) is 0.345. The summed E-state index contributed by atoms with van der Waals surface area (Å²) in [5.74, 6) is -1.05. The minimum atomic E-state index is -0.602. The average Bonchev–Trinajstić information content (AvgIpc) is 3.35. The Labute approximate surface area is 247 Å². The van der Waals surface area contributed by atoms with Crippen molar-refractivity contribution in [2.75, 3.05) is 20.8 Å². The number of aromatic nitrogens is 5. The quantitative estimate of drug-likeness (QED) is 0.224. The monoisotopic (exact) mass is 599 g/mol. The van der Waals surface area contributed by atoms with Crippen LogP contribution in [-0.4, -0.2) is 51.1 Å². The summed E-state index contributed by atoms with van der Waals surface area (Å²) in [6.45, 7) is 5.85. The molecule has 0 aliphatic carbocycles. The number of esters is 1. The summed E-state index contributed by atoms with van der Waals surface area (Å²) >= 11 is 12.6. The third kappa shape index (κ3) is 6.23. The highest BCUT2D eigenvalue weighted by Crippen LogP contribution is 2.39. The van der Waals surface area contributed by atoms with Crippen molar-refractivity contribution in [3.05, 3.63) is 91.2 Å². The Morgan fingerprint density at radius 3 is 2.39 bits per heavy atom. The van der Waals surface area contributed by atoms with Gasteiger partial charge in [-0.25, -0.2) is 14.5 Å². The first-order chi connectivity index (χ1) is 19.6. The summed E-state index contributed by atoms with van der Waals surface area (Å²) in [6.07, 6.45) is 3.30. The van der Waals surface area contributed by atoms with E-state index in [0.717, 1.165) is 5.56 Å². The highest BCUT2D eigenvalue weighted by Gasteiger charge is 2.34. The van der Waals surface area contributed by atoms with E-state index in [1.54, 1.807) is 43.0 Å². The van der Waals surface area contributed by atoms with Gasteiger partial charge in [0.25, 0.3) is 5.56 Å². The van der Waals surface area contributed by atoms with Crippen LogP contribution in [-0.2, 0) is 18.2 Å². The number of pyridine rings is 1. The van der Waals surface area contributed by atoms with Gasteiger partial charge in [0.05, 0.1) is 37.7 Å². The van der Waals surface area contributed by atoms with Crippen LogP contribution in [0.4, 0.5) is 0 Å². The maximum absolute atomic E-state index is 13.5. The molecule has 0 N–H and O–H groups in total. The lowest BCUT2D eigenvalue weighted by Gasteiger charge is -2.22. The van der Waals surface area contributed by atoms with Crippen LogP contribution < -0.4 is 15.0 Å². The molecule has 4 aromatic rings. The summed E-state index contributed by atoms with van der Waals surface area (Å²) in [5.41, 5.74) is 2.90. The number of nitrogens with zero attached hydrogens (tertiary/aromatic N) is 5. The number of halogens is 2. The molecule has 216 valence electrons. The Morgan fingerprint density at radius 1 is 1.07 bits per heavy atom. The van der Waals surface area contributed by atoms with E-state index < -0.39 is 11.9 Å². The molecule has 0 bridgehead atoms. The molecule has 0 radical (unpaired) electrons. The van der Waals surface area contributed by atoms with Gasteiger partial charge in [0.2, 0.25) is 5.88 Å². The number of aryl methyl sites for hydroxylation is 1. The van der Waals surface area contributed by atoms with E-state index in [1.165, 1.54) is 25.0 Å². The Hall–Kier alpha value is -3.89. The van der Waals surface area contributed by atoms with Gasteiger partial charge in [-0.15, -0.1) is 0 Å². The Bertz CT molecular complexity index is 1620. The Morgan fingerprint density at radius 2 is 1.78 bits per heavy atom. The van der Waals surface area contributed by atoms with Crippen LogP contribution in [0.5, 0.6) is 11.9 Å². The molecule has 1 atom stereocenters. The molecule has 1 unspecified atom stereocenters. The number of hydrogen-bond acceptors (Lipinski definition) is 8. The van der Waals surface area contributed by atoms with Crippen molar-refractivity contribution in [2.45, 2.75) is 39.0 Å². The van der Waals surface area contributed by atoms with E-state index >= 15 is 0 Å². The van der Waals surface area contributed by atoms with Gasteiger partial charge in [0.1, 0.15) is 5.69 Å². The number of methoxy groups -OCH3 is 2. The lowest BCUT2D eigenvalue weighted by molar-refractivity contribution is 0.0517. The topological polar surface area (TPSA) is 110 Å². The van der Waals surface area contributed by atoms with Gasteiger partial charge in [-0.1, -0.05) is 49.2 Å². The zero-order chi connectivity index (χ0) is 29.8. The van der Waals surface area contributed by atoms with Crippen molar-refractivity contribution in [3.8, 4) is 17.6 Å². The van der Waals surface area contributed by atoms with Crippen molar-refractivity contribution in [2.24, 2.45) is 7.05 Å². The fourth-order valence-electron chi connectivity index (χ4n) is 4.80. The third-order valence-corrected chi connectivity index (χ3v) is 7.02. The first-order valence-corrected chi connectivity index (χ1v) is 13.7. The normalized spacial score (nSPS) is 11.9. The number of benzene rings is 1. The second-order valence-corrected chi connectivity index (χ2v) is 10.5. The van der Waals surface area contributed by atoms with Gasteiger partial charge in [0, 0.05) is 35.3 Å². The first-order valence-electron chi connectivity index (χ1n) is 12.9. The molecule has 0 fully saturated rings. The van der Waals surface area contributed by atoms with Crippen LogP contribution >= 0.6 is 23.2 Å².